The SMILES string of the molecule is COc1ccc(-c2ccc(=O)n(CC3CCCCC3)c2)cc1. The first kappa shape index (κ1) is 14.9. The molecule has 0 aliphatic heterocycles. The predicted octanol–water partition coefficient (Wildman–Crippen LogP) is 4.10. The van der Waals surface area contributed by atoms with Crippen molar-refractivity contribution in [1.29, 1.82) is 0 Å². The zero-order valence-corrected chi connectivity index (χ0v) is 13.1. The minimum absolute atomic E-state index is 0.0998. The Kier molecular flexibility index (Phi) is 4.62. The van der Waals surface area contributed by atoms with Crippen LogP contribution in [0.15, 0.2) is 47.4 Å². The van der Waals surface area contributed by atoms with Gasteiger partial charge in [-0.25, -0.2) is 0 Å². The van der Waals surface area contributed by atoms with Crippen LogP contribution < -0.4 is 10.3 Å². The third-order valence-corrected chi connectivity index (χ3v) is 4.59. The van der Waals surface area contributed by atoms with Crippen LogP contribution in [0.25, 0.3) is 11.1 Å². The normalized spacial score (nSPS) is 15.7. The van der Waals surface area contributed by atoms with Crippen molar-refractivity contribution in [3.63, 3.8) is 0 Å². The molecule has 3 rings (SSSR count). The van der Waals surface area contributed by atoms with Crippen LogP contribution in [0.5, 0.6) is 5.75 Å². The monoisotopic (exact) mass is 297 g/mol. The number of nitrogens with zero attached hydrogens (tertiary/aromatic N) is 1. The Labute approximate surface area is 131 Å². The fourth-order valence-corrected chi connectivity index (χ4v) is 3.28. The number of hydrogen-bond donors (Lipinski definition) is 0. The van der Waals surface area contributed by atoms with Gasteiger partial charge in [-0.1, -0.05) is 31.4 Å². The summed E-state index contributed by atoms with van der Waals surface area (Å²) in [6.07, 6.45) is 8.45. The van der Waals surface area contributed by atoms with Gasteiger partial charge in [-0.2, -0.15) is 0 Å². The van der Waals surface area contributed by atoms with Crippen molar-refractivity contribution in [2.45, 2.75) is 38.6 Å². The standard InChI is InChI=1S/C19H23NO2/c1-22-18-10-7-16(8-11-18)17-9-12-19(21)20(14-17)13-15-5-3-2-4-6-15/h7-12,14-15H,2-6,13H2,1H3. The van der Waals surface area contributed by atoms with Crippen molar-refractivity contribution in [2.75, 3.05) is 7.11 Å². The molecule has 0 atom stereocenters. The molecule has 3 heteroatoms. The maximum Gasteiger partial charge on any atom is 0.250 e. The average molecular weight is 297 g/mol. The zero-order chi connectivity index (χ0) is 15.4. The van der Waals surface area contributed by atoms with Crippen LogP contribution in [0.4, 0.5) is 0 Å². The topological polar surface area (TPSA) is 31.2 Å². The molecule has 1 aromatic heterocycles. The highest BCUT2D eigenvalue weighted by Crippen LogP contribution is 2.26. The van der Waals surface area contributed by atoms with Gasteiger partial charge < -0.3 is 9.30 Å². The van der Waals surface area contributed by atoms with E-state index in [4.69, 9.17) is 4.74 Å². The van der Waals surface area contributed by atoms with Crippen LogP contribution in [-0.4, -0.2) is 11.7 Å². The number of ether oxygens (including phenoxy) is 1. The maximum atomic E-state index is 12.1. The predicted molar refractivity (Wildman–Crippen MR) is 89.3 cm³/mol. The molecular formula is C19H23NO2. The van der Waals surface area contributed by atoms with Gasteiger partial charge in [0.1, 0.15) is 5.75 Å². The molecule has 1 aromatic carbocycles. The molecule has 22 heavy (non-hydrogen) atoms. The van der Waals surface area contributed by atoms with Crippen LogP contribution >= 0.6 is 0 Å². The van der Waals surface area contributed by atoms with Gasteiger partial charge in [0.05, 0.1) is 7.11 Å². The molecule has 2 aromatic rings. The molecule has 0 spiro atoms. The van der Waals surface area contributed by atoms with E-state index in [1.807, 2.05) is 41.1 Å². The molecule has 1 heterocycles. The molecule has 0 saturated heterocycles. The van der Waals surface area contributed by atoms with Crippen molar-refractivity contribution in [3.05, 3.63) is 52.9 Å². The maximum absolute atomic E-state index is 12.1. The van der Waals surface area contributed by atoms with E-state index < -0.39 is 0 Å². The second-order valence-electron chi connectivity index (χ2n) is 6.14. The molecule has 0 radical (unpaired) electrons. The first-order valence-corrected chi connectivity index (χ1v) is 8.11. The summed E-state index contributed by atoms with van der Waals surface area (Å²) in [6.45, 7) is 0.850. The van der Waals surface area contributed by atoms with Crippen LogP contribution in [0, 0.1) is 5.92 Å². The Morgan fingerprint density at radius 1 is 1.00 bits per heavy atom. The average Bonchev–Trinajstić information content (AvgIpc) is 2.58. The third kappa shape index (κ3) is 3.41. The first-order valence-electron chi connectivity index (χ1n) is 8.11. The van der Waals surface area contributed by atoms with Gasteiger partial charge in [0.25, 0.3) is 5.56 Å². The van der Waals surface area contributed by atoms with Gasteiger partial charge in [0.2, 0.25) is 0 Å². The lowest BCUT2D eigenvalue weighted by atomic mass is 9.89. The number of benzene rings is 1. The Morgan fingerprint density at radius 2 is 1.68 bits per heavy atom. The third-order valence-electron chi connectivity index (χ3n) is 4.59. The number of pyridine rings is 1. The Balaban J connectivity index is 1.83. The van der Waals surface area contributed by atoms with E-state index in [9.17, 15) is 4.79 Å². The van der Waals surface area contributed by atoms with Gasteiger partial charge in [-0.15, -0.1) is 0 Å². The number of rotatable bonds is 4. The van der Waals surface area contributed by atoms with Gasteiger partial charge >= 0.3 is 0 Å². The summed E-state index contributed by atoms with van der Waals surface area (Å²) < 4.78 is 7.08. The molecule has 3 nitrogen and oxygen atoms in total. The van der Waals surface area contributed by atoms with E-state index in [0.717, 1.165) is 23.4 Å². The molecule has 1 fully saturated rings. The van der Waals surface area contributed by atoms with E-state index in [1.54, 1.807) is 13.2 Å². The molecule has 0 N–H and O–H groups in total. The first-order chi connectivity index (χ1) is 10.8. The van der Waals surface area contributed by atoms with Gasteiger partial charge in [0.15, 0.2) is 0 Å². The molecule has 116 valence electrons. The fourth-order valence-electron chi connectivity index (χ4n) is 3.28. The van der Waals surface area contributed by atoms with Crippen LogP contribution in [0.2, 0.25) is 0 Å². The van der Waals surface area contributed by atoms with Crippen molar-refractivity contribution in [1.82, 2.24) is 4.57 Å². The highest BCUT2D eigenvalue weighted by molar-refractivity contribution is 5.63. The smallest absolute Gasteiger partial charge is 0.250 e. The minimum Gasteiger partial charge on any atom is -0.497 e. The van der Waals surface area contributed by atoms with E-state index >= 15 is 0 Å². The van der Waals surface area contributed by atoms with Crippen molar-refractivity contribution < 1.29 is 4.74 Å². The molecule has 1 saturated carbocycles. The molecular weight excluding hydrogens is 274 g/mol. The van der Waals surface area contributed by atoms with Crippen molar-refractivity contribution >= 4 is 0 Å². The quantitative estimate of drug-likeness (QED) is 0.850. The second kappa shape index (κ2) is 6.82. The molecule has 1 aliphatic carbocycles. The number of aromatic nitrogens is 1. The van der Waals surface area contributed by atoms with Gasteiger partial charge in [-0.3, -0.25) is 4.79 Å². The van der Waals surface area contributed by atoms with Crippen LogP contribution in [0.1, 0.15) is 32.1 Å². The second-order valence-corrected chi connectivity index (χ2v) is 6.14. The lowest BCUT2D eigenvalue weighted by Crippen LogP contribution is -2.24. The fraction of sp³-hybridized carbons (Fsp3) is 0.421. The summed E-state index contributed by atoms with van der Waals surface area (Å²) in [7, 11) is 1.67. The van der Waals surface area contributed by atoms with Crippen LogP contribution in [-0.2, 0) is 6.54 Å². The summed E-state index contributed by atoms with van der Waals surface area (Å²) >= 11 is 0. The largest absolute Gasteiger partial charge is 0.497 e. The minimum atomic E-state index is 0.0998. The zero-order valence-electron chi connectivity index (χ0n) is 13.1. The summed E-state index contributed by atoms with van der Waals surface area (Å²) in [5.74, 6) is 1.50. The van der Waals surface area contributed by atoms with Crippen molar-refractivity contribution in [2.24, 2.45) is 5.92 Å². The molecule has 1 aliphatic rings. The summed E-state index contributed by atoms with van der Waals surface area (Å²) in [5, 5.41) is 0. The summed E-state index contributed by atoms with van der Waals surface area (Å²) in [5.41, 5.74) is 2.29. The van der Waals surface area contributed by atoms with Crippen molar-refractivity contribution in [3.8, 4) is 16.9 Å². The highest BCUT2D eigenvalue weighted by atomic mass is 16.5. The van der Waals surface area contributed by atoms with Crippen LogP contribution in [0.3, 0.4) is 0 Å². The highest BCUT2D eigenvalue weighted by Gasteiger charge is 2.14. The molecule has 0 bridgehead atoms. The van der Waals surface area contributed by atoms with Gasteiger partial charge in [-0.05, 0) is 48.1 Å². The Bertz CT molecular complexity index is 667. The Hall–Kier alpha value is -2.03. The lowest BCUT2D eigenvalue weighted by molar-refractivity contribution is 0.316. The number of hydrogen-bond acceptors (Lipinski definition) is 2. The molecule has 0 unspecified atom stereocenters. The summed E-state index contributed by atoms with van der Waals surface area (Å²) in [6, 6.07) is 11.6. The van der Waals surface area contributed by atoms with E-state index in [0.29, 0.717) is 5.92 Å². The van der Waals surface area contributed by atoms with E-state index in [1.165, 1.54) is 32.1 Å². The Morgan fingerprint density at radius 3 is 2.36 bits per heavy atom. The van der Waals surface area contributed by atoms with E-state index in [-0.39, 0.29) is 5.56 Å². The number of methoxy groups -OCH3 is 1. The molecule has 0 amide bonds. The van der Waals surface area contributed by atoms with Gasteiger partial charge in [0, 0.05) is 18.8 Å². The van der Waals surface area contributed by atoms with E-state index in [2.05, 4.69) is 0 Å². The lowest BCUT2D eigenvalue weighted by Gasteiger charge is -2.22. The summed E-state index contributed by atoms with van der Waals surface area (Å²) in [4.78, 5) is 12.1.